The van der Waals surface area contributed by atoms with Crippen LogP contribution in [-0.4, -0.2) is 43.3 Å². The Morgan fingerprint density at radius 3 is 2.61 bits per heavy atom. The van der Waals surface area contributed by atoms with E-state index in [9.17, 15) is 13.2 Å². The summed E-state index contributed by atoms with van der Waals surface area (Å²) in [5, 5.41) is 0.598. The maximum atomic E-state index is 14.0. The van der Waals surface area contributed by atoms with Gasteiger partial charge in [-0.25, -0.2) is 13.4 Å². The zero-order chi connectivity index (χ0) is 26.7. The Hall–Kier alpha value is -3.27. The number of piperidine rings is 1. The van der Waals surface area contributed by atoms with E-state index in [4.69, 9.17) is 9.72 Å². The molecule has 1 amide bonds. The lowest BCUT2D eigenvalue weighted by Gasteiger charge is -2.33. The van der Waals surface area contributed by atoms with E-state index in [1.54, 1.807) is 29.2 Å². The number of anilines is 1. The summed E-state index contributed by atoms with van der Waals surface area (Å²) in [5.41, 5.74) is 2.78. The first-order valence-corrected chi connectivity index (χ1v) is 15.1. The SMILES string of the molecule is CCOc1ccc2nc(N(Cc3ccccc3)C(=O)C3CCCN(S(=O)(=O)c4ccc(C)cc4)C3)sc2c1. The zero-order valence-corrected chi connectivity index (χ0v) is 23.2. The summed E-state index contributed by atoms with van der Waals surface area (Å²) in [5.74, 6) is 0.195. The molecule has 0 radical (unpaired) electrons. The van der Waals surface area contributed by atoms with Gasteiger partial charge >= 0.3 is 0 Å². The fourth-order valence-electron chi connectivity index (χ4n) is 4.71. The van der Waals surface area contributed by atoms with E-state index in [1.165, 1.54) is 15.6 Å². The van der Waals surface area contributed by atoms with Gasteiger partial charge in [0.25, 0.3) is 0 Å². The molecule has 1 saturated heterocycles. The van der Waals surface area contributed by atoms with E-state index in [-0.39, 0.29) is 17.3 Å². The average Bonchev–Trinajstić information content (AvgIpc) is 3.35. The number of carbonyl (C=O) groups is 1. The van der Waals surface area contributed by atoms with Gasteiger partial charge in [0.2, 0.25) is 15.9 Å². The van der Waals surface area contributed by atoms with Crippen molar-refractivity contribution in [1.82, 2.24) is 9.29 Å². The van der Waals surface area contributed by atoms with Gasteiger partial charge in [-0.3, -0.25) is 9.69 Å². The molecule has 38 heavy (non-hydrogen) atoms. The number of ether oxygens (including phenoxy) is 1. The molecule has 3 aromatic carbocycles. The molecule has 198 valence electrons. The molecule has 1 unspecified atom stereocenters. The highest BCUT2D eigenvalue weighted by Gasteiger charge is 2.36. The van der Waals surface area contributed by atoms with Crippen LogP contribution in [0.2, 0.25) is 0 Å². The standard InChI is InChI=1S/C29H31N3O4S2/c1-3-36-24-13-16-26-27(18-24)37-29(30-26)32(19-22-8-5-4-6-9-22)28(33)23-10-7-17-31(20-23)38(34,35)25-14-11-21(2)12-15-25/h4-6,8-9,11-16,18,23H,3,7,10,17,19-20H2,1-2H3. The number of aryl methyl sites for hydroxylation is 1. The van der Waals surface area contributed by atoms with Crippen LogP contribution in [-0.2, 0) is 21.4 Å². The van der Waals surface area contributed by atoms with Crippen LogP contribution in [0.5, 0.6) is 5.75 Å². The molecule has 9 heteroatoms. The van der Waals surface area contributed by atoms with E-state index >= 15 is 0 Å². The molecular weight excluding hydrogens is 518 g/mol. The number of rotatable bonds is 8. The maximum absolute atomic E-state index is 14.0. The molecule has 1 aromatic heterocycles. The molecule has 1 fully saturated rings. The van der Waals surface area contributed by atoms with Crippen LogP contribution in [0.3, 0.4) is 0 Å². The first-order valence-electron chi connectivity index (χ1n) is 12.8. The zero-order valence-electron chi connectivity index (χ0n) is 21.5. The minimum Gasteiger partial charge on any atom is -0.494 e. The van der Waals surface area contributed by atoms with Crippen LogP contribution < -0.4 is 9.64 Å². The number of aromatic nitrogens is 1. The quantitative estimate of drug-likeness (QED) is 0.284. The number of amides is 1. The molecule has 0 saturated carbocycles. The van der Waals surface area contributed by atoms with E-state index in [0.717, 1.165) is 27.1 Å². The lowest BCUT2D eigenvalue weighted by atomic mass is 9.98. The minimum atomic E-state index is -3.69. The number of carbonyl (C=O) groups excluding carboxylic acids is 1. The summed E-state index contributed by atoms with van der Waals surface area (Å²) in [6.45, 7) is 5.35. The Balaban J connectivity index is 1.44. The molecule has 0 aliphatic carbocycles. The van der Waals surface area contributed by atoms with E-state index in [0.29, 0.717) is 37.7 Å². The summed E-state index contributed by atoms with van der Waals surface area (Å²) < 4.78 is 34.8. The highest BCUT2D eigenvalue weighted by Crippen LogP contribution is 2.34. The van der Waals surface area contributed by atoms with Gasteiger partial charge in [0.05, 0.1) is 34.2 Å². The van der Waals surface area contributed by atoms with Crippen molar-refractivity contribution in [1.29, 1.82) is 0 Å². The van der Waals surface area contributed by atoms with Crippen molar-refractivity contribution in [3.63, 3.8) is 0 Å². The van der Waals surface area contributed by atoms with Crippen LogP contribution in [0.15, 0.2) is 77.7 Å². The van der Waals surface area contributed by atoms with Crippen molar-refractivity contribution in [2.75, 3.05) is 24.6 Å². The van der Waals surface area contributed by atoms with Crippen LogP contribution >= 0.6 is 11.3 Å². The molecule has 0 N–H and O–H groups in total. The monoisotopic (exact) mass is 549 g/mol. The number of benzene rings is 3. The van der Waals surface area contributed by atoms with Crippen molar-refractivity contribution in [3.8, 4) is 5.75 Å². The summed E-state index contributed by atoms with van der Waals surface area (Å²) in [6.07, 6.45) is 1.25. The highest BCUT2D eigenvalue weighted by molar-refractivity contribution is 7.89. The van der Waals surface area contributed by atoms with Crippen LogP contribution in [0.25, 0.3) is 10.2 Å². The van der Waals surface area contributed by atoms with Crippen molar-refractivity contribution < 1.29 is 17.9 Å². The molecule has 4 aromatic rings. The second-order valence-electron chi connectivity index (χ2n) is 9.48. The molecule has 1 aliphatic rings. The van der Waals surface area contributed by atoms with Gasteiger partial charge in [-0.05, 0) is 62.6 Å². The van der Waals surface area contributed by atoms with Gasteiger partial charge in [0, 0.05) is 13.1 Å². The van der Waals surface area contributed by atoms with Gasteiger partial charge in [-0.15, -0.1) is 0 Å². The van der Waals surface area contributed by atoms with Gasteiger partial charge < -0.3 is 4.74 Å². The fourth-order valence-corrected chi connectivity index (χ4v) is 7.24. The topological polar surface area (TPSA) is 79.8 Å². The third-order valence-corrected chi connectivity index (χ3v) is 9.65. The van der Waals surface area contributed by atoms with Gasteiger partial charge in [0.15, 0.2) is 5.13 Å². The fraction of sp³-hybridized carbons (Fsp3) is 0.310. The number of sulfonamides is 1. The van der Waals surface area contributed by atoms with E-state index < -0.39 is 15.9 Å². The number of hydrogen-bond acceptors (Lipinski definition) is 6. The van der Waals surface area contributed by atoms with Crippen LogP contribution in [0.1, 0.15) is 30.9 Å². The van der Waals surface area contributed by atoms with Gasteiger partial charge in [0.1, 0.15) is 5.75 Å². The highest BCUT2D eigenvalue weighted by atomic mass is 32.2. The maximum Gasteiger partial charge on any atom is 0.243 e. The van der Waals surface area contributed by atoms with Gasteiger partial charge in [-0.1, -0.05) is 59.4 Å². The first kappa shape index (κ1) is 26.3. The van der Waals surface area contributed by atoms with Crippen molar-refractivity contribution >= 4 is 42.6 Å². The molecule has 2 heterocycles. The number of hydrogen-bond donors (Lipinski definition) is 0. The molecule has 1 aliphatic heterocycles. The number of thiazole rings is 1. The molecule has 7 nitrogen and oxygen atoms in total. The Labute approximate surface area is 227 Å². The summed E-state index contributed by atoms with van der Waals surface area (Å²) in [7, 11) is -3.69. The smallest absolute Gasteiger partial charge is 0.243 e. The van der Waals surface area contributed by atoms with E-state index in [2.05, 4.69) is 0 Å². The van der Waals surface area contributed by atoms with Crippen LogP contribution in [0, 0.1) is 12.8 Å². The molecule has 0 bridgehead atoms. The summed E-state index contributed by atoms with van der Waals surface area (Å²) in [6, 6.07) is 22.4. The Kier molecular flexibility index (Phi) is 7.78. The summed E-state index contributed by atoms with van der Waals surface area (Å²) >= 11 is 1.44. The molecule has 1 atom stereocenters. The van der Waals surface area contributed by atoms with Gasteiger partial charge in [-0.2, -0.15) is 4.31 Å². The largest absolute Gasteiger partial charge is 0.494 e. The van der Waals surface area contributed by atoms with Crippen molar-refractivity contribution in [2.45, 2.75) is 38.1 Å². The lowest BCUT2D eigenvalue weighted by molar-refractivity contribution is -0.123. The number of nitrogens with zero attached hydrogens (tertiary/aromatic N) is 3. The van der Waals surface area contributed by atoms with Crippen molar-refractivity contribution in [3.05, 3.63) is 83.9 Å². The molecule has 5 rings (SSSR count). The molecular formula is C29H31N3O4S2. The Morgan fingerprint density at radius 1 is 1.11 bits per heavy atom. The Bertz CT molecular complexity index is 1520. The van der Waals surface area contributed by atoms with E-state index in [1.807, 2.05) is 62.4 Å². The lowest BCUT2D eigenvalue weighted by Crippen LogP contribution is -2.46. The number of fused-ring (bicyclic) bond motifs is 1. The van der Waals surface area contributed by atoms with Crippen LogP contribution in [0.4, 0.5) is 5.13 Å². The minimum absolute atomic E-state index is 0.109. The van der Waals surface area contributed by atoms with Crippen molar-refractivity contribution in [2.24, 2.45) is 5.92 Å². The average molecular weight is 550 g/mol. The second kappa shape index (κ2) is 11.2. The second-order valence-corrected chi connectivity index (χ2v) is 12.4. The predicted molar refractivity (Wildman–Crippen MR) is 151 cm³/mol. The predicted octanol–water partition coefficient (Wildman–Crippen LogP) is 5.64. The summed E-state index contributed by atoms with van der Waals surface area (Å²) in [4.78, 5) is 20.8. The third-order valence-electron chi connectivity index (χ3n) is 6.73. The Morgan fingerprint density at radius 2 is 1.87 bits per heavy atom. The first-order chi connectivity index (χ1) is 18.3. The molecule has 0 spiro atoms. The normalized spacial score (nSPS) is 16.4. The third kappa shape index (κ3) is 5.60.